The van der Waals surface area contributed by atoms with Gasteiger partial charge in [-0.3, -0.25) is 4.79 Å². The van der Waals surface area contributed by atoms with Gasteiger partial charge in [0.2, 0.25) is 5.91 Å². The second-order valence-electron chi connectivity index (χ2n) is 6.22. The second-order valence-corrected chi connectivity index (χ2v) is 6.22. The van der Waals surface area contributed by atoms with Crippen LogP contribution in [0, 0.1) is 5.82 Å². The molecule has 2 N–H and O–H groups in total. The van der Waals surface area contributed by atoms with Crippen molar-refractivity contribution in [3.05, 3.63) is 84.2 Å². The Labute approximate surface area is 171 Å². The van der Waals surface area contributed by atoms with Gasteiger partial charge in [0.05, 0.1) is 12.2 Å². The normalized spacial score (nSPS) is 10.5. The molecule has 3 rings (SSSR count). The average Bonchev–Trinajstić information content (AvgIpc) is 2.73. The van der Waals surface area contributed by atoms with Crippen LogP contribution in [-0.2, 0) is 11.4 Å². The lowest BCUT2D eigenvalue weighted by Crippen LogP contribution is -2.22. The number of hydrogen-bond acceptors (Lipinski definition) is 4. The topological polar surface area (TPSA) is 59.6 Å². The van der Waals surface area contributed by atoms with E-state index in [0.29, 0.717) is 11.4 Å². The first-order valence-corrected chi connectivity index (χ1v) is 9.04. The van der Waals surface area contributed by atoms with Crippen LogP contribution in [0.2, 0.25) is 0 Å². The van der Waals surface area contributed by atoms with E-state index in [-0.39, 0.29) is 30.4 Å². The minimum absolute atomic E-state index is 0.0928. The predicted octanol–water partition coefficient (Wildman–Crippen LogP) is 5.06. The molecule has 1 amide bonds. The molecule has 3 aromatic carbocycles. The van der Waals surface area contributed by atoms with E-state index in [9.17, 15) is 18.0 Å². The number of ether oxygens (including phenoxy) is 2. The first kappa shape index (κ1) is 21.0. The van der Waals surface area contributed by atoms with Crippen molar-refractivity contribution in [1.29, 1.82) is 0 Å². The van der Waals surface area contributed by atoms with Crippen molar-refractivity contribution in [3.63, 3.8) is 0 Å². The number of alkyl halides is 2. The van der Waals surface area contributed by atoms with E-state index < -0.39 is 12.5 Å². The Hall–Kier alpha value is -3.68. The molecule has 8 heteroatoms. The van der Waals surface area contributed by atoms with Crippen LogP contribution in [0.25, 0.3) is 0 Å². The van der Waals surface area contributed by atoms with E-state index in [2.05, 4.69) is 15.4 Å². The molecule has 0 radical (unpaired) electrons. The van der Waals surface area contributed by atoms with Crippen LogP contribution in [0.15, 0.2) is 72.8 Å². The van der Waals surface area contributed by atoms with Gasteiger partial charge < -0.3 is 20.1 Å². The van der Waals surface area contributed by atoms with Crippen LogP contribution in [0.3, 0.4) is 0 Å². The number of amides is 1. The first-order chi connectivity index (χ1) is 14.5. The third-order valence-corrected chi connectivity index (χ3v) is 3.98. The zero-order valence-electron chi connectivity index (χ0n) is 15.8. The number of carbonyl (C=O) groups excluding carboxylic acids is 1. The minimum atomic E-state index is -2.99. The predicted molar refractivity (Wildman–Crippen MR) is 107 cm³/mol. The van der Waals surface area contributed by atoms with Crippen molar-refractivity contribution in [2.75, 3.05) is 17.2 Å². The molecular weight excluding hydrogens is 397 g/mol. The van der Waals surface area contributed by atoms with Gasteiger partial charge in [-0.25, -0.2) is 4.39 Å². The summed E-state index contributed by atoms with van der Waals surface area (Å²) < 4.78 is 47.9. The lowest BCUT2D eigenvalue weighted by atomic mass is 10.2. The van der Waals surface area contributed by atoms with Crippen LogP contribution in [0.5, 0.6) is 11.5 Å². The summed E-state index contributed by atoms with van der Waals surface area (Å²) in [4.78, 5) is 12.2. The first-order valence-electron chi connectivity index (χ1n) is 9.04. The Balaban J connectivity index is 1.53. The van der Waals surface area contributed by atoms with Crippen molar-refractivity contribution in [3.8, 4) is 11.5 Å². The maximum Gasteiger partial charge on any atom is 0.387 e. The highest BCUT2D eigenvalue weighted by Gasteiger charge is 2.11. The van der Waals surface area contributed by atoms with Crippen molar-refractivity contribution in [1.82, 2.24) is 0 Å². The van der Waals surface area contributed by atoms with Crippen molar-refractivity contribution in [2.45, 2.75) is 13.2 Å². The van der Waals surface area contributed by atoms with Crippen molar-refractivity contribution < 1.29 is 27.4 Å². The fraction of sp³-hybridized carbons (Fsp3) is 0.136. The zero-order valence-corrected chi connectivity index (χ0v) is 15.8. The van der Waals surface area contributed by atoms with Gasteiger partial charge in [-0.15, -0.1) is 0 Å². The molecule has 0 heterocycles. The fourth-order valence-corrected chi connectivity index (χ4v) is 2.59. The van der Waals surface area contributed by atoms with Crippen LogP contribution >= 0.6 is 0 Å². The van der Waals surface area contributed by atoms with Gasteiger partial charge in [0.1, 0.15) is 23.9 Å². The number of halogens is 3. The molecule has 0 atom stereocenters. The largest absolute Gasteiger partial charge is 0.489 e. The van der Waals surface area contributed by atoms with Gasteiger partial charge in [0.25, 0.3) is 0 Å². The third kappa shape index (κ3) is 6.44. The number of nitrogens with one attached hydrogen (secondary N) is 2. The van der Waals surface area contributed by atoms with E-state index in [1.54, 1.807) is 42.5 Å². The summed E-state index contributed by atoms with van der Waals surface area (Å²) in [5, 5.41) is 5.47. The molecule has 5 nitrogen and oxygen atoms in total. The van der Waals surface area contributed by atoms with Gasteiger partial charge in [-0.05, 0) is 42.0 Å². The molecular formula is C22H19F3N2O3. The van der Waals surface area contributed by atoms with Crippen LogP contribution < -0.4 is 20.1 Å². The SMILES string of the molecule is O=C(CNc1cccc(OCc2ccc(F)cc2)c1)Nc1ccccc1OC(F)F. The molecule has 0 aliphatic heterocycles. The molecule has 0 bridgehead atoms. The van der Waals surface area contributed by atoms with Crippen molar-refractivity contribution in [2.24, 2.45) is 0 Å². The molecule has 0 aliphatic carbocycles. The second kappa shape index (κ2) is 10.2. The van der Waals surface area contributed by atoms with Crippen molar-refractivity contribution >= 4 is 17.3 Å². The summed E-state index contributed by atoms with van der Waals surface area (Å²) in [6, 6.07) is 18.9. The van der Waals surface area contributed by atoms with E-state index in [4.69, 9.17) is 4.74 Å². The maximum atomic E-state index is 12.9. The van der Waals surface area contributed by atoms with E-state index in [1.165, 1.54) is 30.3 Å². The fourth-order valence-electron chi connectivity index (χ4n) is 2.59. The summed E-state index contributed by atoms with van der Waals surface area (Å²) in [6.07, 6.45) is 0. The van der Waals surface area contributed by atoms with E-state index >= 15 is 0 Å². The smallest absolute Gasteiger partial charge is 0.387 e. The number of hydrogen-bond donors (Lipinski definition) is 2. The maximum absolute atomic E-state index is 12.9. The Morgan fingerprint density at radius 3 is 2.50 bits per heavy atom. The molecule has 0 unspecified atom stereocenters. The lowest BCUT2D eigenvalue weighted by molar-refractivity contribution is -0.114. The van der Waals surface area contributed by atoms with Gasteiger partial charge in [-0.1, -0.05) is 30.3 Å². The summed E-state index contributed by atoms with van der Waals surface area (Å²) in [5.41, 5.74) is 1.61. The number of para-hydroxylation sites is 2. The monoisotopic (exact) mass is 416 g/mol. The minimum Gasteiger partial charge on any atom is -0.489 e. The van der Waals surface area contributed by atoms with E-state index in [0.717, 1.165) is 5.56 Å². The highest BCUT2D eigenvalue weighted by atomic mass is 19.3. The summed E-state index contributed by atoms with van der Waals surface area (Å²) in [6.45, 7) is -2.81. The Morgan fingerprint density at radius 2 is 1.73 bits per heavy atom. The summed E-state index contributed by atoms with van der Waals surface area (Å²) in [5.74, 6) is -0.290. The Bertz CT molecular complexity index is 981. The van der Waals surface area contributed by atoms with Gasteiger partial charge in [-0.2, -0.15) is 8.78 Å². The summed E-state index contributed by atoms with van der Waals surface area (Å²) in [7, 11) is 0. The zero-order chi connectivity index (χ0) is 21.3. The van der Waals surface area contributed by atoms with Gasteiger partial charge >= 0.3 is 6.61 Å². The molecule has 30 heavy (non-hydrogen) atoms. The molecule has 0 aromatic heterocycles. The molecule has 0 aliphatic rings. The molecule has 0 spiro atoms. The highest BCUT2D eigenvalue weighted by molar-refractivity contribution is 5.95. The number of benzene rings is 3. The highest BCUT2D eigenvalue weighted by Crippen LogP contribution is 2.25. The molecule has 0 saturated heterocycles. The lowest BCUT2D eigenvalue weighted by Gasteiger charge is -2.13. The van der Waals surface area contributed by atoms with E-state index in [1.807, 2.05) is 0 Å². The summed E-state index contributed by atoms with van der Waals surface area (Å²) >= 11 is 0. The van der Waals surface area contributed by atoms with Crippen LogP contribution in [0.4, 0.5) is 24.5 Å². The Kier molecular flexibility index (Phi) is 7.15. The quantitative estimate of drug-likeness (QED) is 0.512. The third-order valence-electron chi connectivity index (χ3n) is 3.98. The average molecular weight is 416 g/mol. The van der Waals surface area contributed by atoms with Gasteiger partial charge in [0.15, 0.2) is 0 Å². The number of anilines is 2. The molecule has 0 saturated carbocycles. The van der Waals surface area contributed by atoms with Gasteiger partial charge in [0, 0.05) is 11.8 Å². The molecule has 3 aromatic rings. The number of rotatable bonds is 9. The van der Waals surface area contributed by atoms with Crippen LogP contribution in [0.1, 0.15) is 5.56 Å². The molecule has 156 valence electrons. The molecule has 0 fully saturated rings. The Morgan fingerprint density at radius 1 is 0.967 bits per heavy atom. The number of carbonyl (C=O) groups is 1. The standard InChI is InChI=1S/C22H19F3N2O3/c23-16-10-8-15(9-11-16)14-29-18-5-3-4-17(12-18)26-13-21(28)27-19-6-1-2-7-20(19)30-22(24)25/h1-12,22,26H,13-14H2,(H,27,28). The van der Waals surface area contributed by atoms with Crippen LogP contribution in [-0.4, -0.2) is 19.1 Å².